The third-order valence-electron chi connectivity index (χ3n) is 3.99. The Balaban J connectivity index is 1.87. The molecule has 0 unspecified atom stereocenters. The van der Waals surface area contributed by atoms with Crippen molar-refractivity contribution in [3.8, 4) is 0 Å². The van der Waals surface area contributed by atoms with Gasteiger partial charge in [-0.05, 0) is 26.7 Å². The van der Waals surface area contributed by atoms with Gasteiger partial charge in [-0.3, -0.25) is 9.48 Å². The van der Waals surface area contributed by atoms with E-state index >= 15 is 0 Å². The highest BCUT2D eigenvalue weighted by Crippen LogP contribution is 2.27. The second-order valence-electron chi connectivity index (χ2n) is 5.70. The van der Waals surface area contributed by atoms with Gasteiger partial charge in [-0.1, -0.05) is 30.9 Å². The molecular formula is C14H22ClN3O2. The van der Waals surface area contributed by atoms with E-state index in [-0.39, 0.29) is 12.5 Å². The van der Waals surface area contributed by atoms with E-state index in [1.165, 1.54) is 6.42 Å². The topological polar surface area (TPSA) is 67.2 Å². The highest BCUT2D eigenvalue weighted by Gasteiger charge is 2.29. The van der Waals surface area contributed by atoms with Crippen LogP contribution in [0, 0.1) is 13.8 Å². The Morgan fingerprint density at radius 1 is 1.40 bits per heavy atom. The molecule has 0 saturated heterocycles. The molecule has 2 rings (SSSR count). The number of nitrogens with zero attached hydrogens (tertiary/aromatic N) is 2. The highest BCUT2D eigenvalue weighted by molar-refractivity contribution is 6.31. The van der Waals surface area contributed by atoms with Gasteiger partial charge >= 0.3 is 0 Å². The smallest absolute Gasteiger partial charge is 0.241 e. The largest absolute Gasteiger partial charge is 0.388 e. The molecule has 2 N–H and O–H groups in total. The number of hydrogen-bond donors (Lipinski definition) is 2. The fourth-order valence-electron chi connectivity index (χ4n) is 2.67. The van der Waals surface area contributed by atoms with E-state index in [0.717, 1.165) is 37.1 Å². The first-order valence-corrected chi connectivity index (χ1v) is 7.48. The van der Waals surface area contributed by atoms with Crippen LogP contribution in [0.5, 0.6) is 0 Å². The van der Waals surface area contributed by atoms with Crippen LogP contribution in [-0.2, 0) is 11.3 Å². The first-order chi connectivity index (χ1) is 9.41. The molecule has 6 heteroatoms. The van der Waals surface area contributed by atoms with E-state index in [9.17, 15) is 9.90 Å². The lowest BCUT2D eigenvalue weighted by Gasteiger charge is -2.32. The van der Waals surface area contributed by atoms with Gasteiger partial charge in [0.2, 0.25) is 5.91 Å². The zero-order chi connectivity index (χ0) is 14.8. The lowest BCUT2D eigenvalue weighted by atomic mass is 9.85. The Morgan fingerprint density at radius 2 is 2.05 bits per heavy atom. The van der Waals surface area contributed by atoms with Crippen molar-refractivity contribution >= 4 is 17.5 Å². The molecule has 0 aromatic carbocycles. The molecule has 0 atom stereocenters. The maximum Gasteiger partial charge on any atom is 0.241 e. The van der Waals surface area contributed by atoms with Crippen LogP contribution in [-0.4, -0.2) is 32.9 Å². The molecule has 112 valence electrons. The average Bonchev–Trinajstić information content (AvgIpc) is 2.65. The molecule has 1 aromatic rings. The lowest BCUT2D eigenvalue weighted by Crippen LogP contribution is -2.45. The minimum atomic E-state index is -0.735. The van der Waals surface area contributed by atoms with Gasteiger partial charge in [0.25, 0.3) is 0 Å². The van der Waals surface area contributed by atoms with Crippen LogP contribution in [0.4, 0.5) is 0 Å². The number of carbonyl (C=O) groups is 1. The van der Waals surface area contributed by atoms with E-state index in [1.54, 1.807) is 4.68 Å². The van der Waals surface area contributed by atoms with Crippen LogP contribution in [0.25, 0.3) is 0 Å². The summed E-state index contributed by atoms with van der Waals surface area (Å²) in [4.78, 5) is 11.9. The summed E-state index contributed by atoms with van der Waals surface area (Å²) < 4.78 is 1.60. The average molecular weight is 300 g/mol. The second-order valence-corrected chi connectivity index (χ2v) is 6.08. The first kappa shape index (κ1) is 15.3. The Morgan fingerprint density at radius 3 is 2.60 bits per heavy atom. The van der Waals surface area contributed by atoms with E-state index in [4.69, 9.17) is 11.6 Å². The fourth-order valence-corrected chi connectivity index (χ4v) is 2.81. The number of aryl methyl sites for hydroxylation is 1. The van der Waals surface area contributed by atoms with Crippen LogP contribution < -0.4 is 5.32 Å². The summed E-state index contributed by atoms with van der Waals surface area (Å²) in [5.41, 5.74) is 0.777. The summed E-state index contributed by atoms with van der Waals surface area (Å²) in [6.07, 6.45) is 4.75. The molecule has 1 aromatic heterocycles. The molecule has 20 heavy (non-hydrogen) atoms. The molecule has 0 bridgehead atoms. The van der Waals surface area contributed by atoms with Gasteiger partial charge in [0.1, 0.15) is 6.54 Å². The summed E-state index contributed by atoms with van der Waals surface area (Å²) >= 11 is 6.05. The summed E-state index contributed by atoms with van der Waals surface area (Å²) in [6.45, 7) is 4.10. The zero-order valence-electron chi connectivity index (χ0n) is 12.1. The molecule has 1 fully saturated rings. The number of rotatable bonds is 4. The van der Waals surface area contributed by atoms with Gasteiger partial charge in [0.15, 0.2) is 0 Å². The quantitative estimate of drug-likeness (QED) is 0.893. The van der Waals surface area contributed by atoms with Gasteiger partial charge < -0.3 is 10.4 Å². The Kier molecular flexibility index (Phi) is 4.70. The number of amides is 1. The van der Waals surface area contributed by atoms with E-state index in [1.807, 2.05) is 13.8 Å². The number of nitrogens with one attached hydrogen (secondary N) is 1. The van der Waals surface area contributed by atoms with Crippen molar-refractivity contribution in [2.45, 2.75) is 58.1 Å². The summed E-state index contributed by atoms with van der Waals surface area (Å²) in [7, 11) is 0. The van der Waals surface area contributed by atoms with Crippen molar-refractivity contribution in [3.05, 3.63) is 16.4 Å². The maximum atomic E-state index is 11.9. The molecule has 1 saturated carbocycles. The van der Waals surface area contributed by atoms with Crippen molar-refractivity contribution < 1.29 is 9.90 Å². The Labute approximate surface area is 124 Å². The van der Waals surface area contributed by atoms with E-state index in [2.05, 4.69) is 10.4 Å². The molecule has 0 radical (unpaired) electrons. The van der Waals surface area contributed by atoms with E-state index in [0.29, 0.717) is 11.6 Å². The molecule has 0 spiro atoms. The summed E-state index contributed by atoms with van der Waals surface area (Å²) in [5, 5.41) is 18.0. The Hall–Kier alpha value is -1.07. The molecule has 1 amide bonds. The fraction of sp³-hybridized carbons (Fsp3) is 0.714. The molecule has 1 aliphatic rings. The van der Waals surface area contributed by atoms with Crippen LogP contribution in [0.15, 0.2) is 0 Å². The minimum absolute atomic E-state index is 0.134. The predicted molar refractivity (Wildman–Crippen MR) is 77.8 cm³/mol. The summed E-state index contributed by atoms with van der Waals surface area (Å²) in [6, 6.07) is 0. The molecule has 1 heterocycles. The SMILES string of the molecule is Cc1nn(CC(=O)NCC2(O)CCCCC2)c(C)c1Cl. The van der Waals surface area contributed by atoms with Gasteiger partial charge in [-0.2, -0.15) is 5.10 Å². The molecular weight excluding hydrogens is 278 g/mol. The van der Waals surface area contributed by atoms with Crippen molar-refractivity contribution in [1.82, 2.24) is 15.1 Å². The number of aliphatic hydroxyl groups is 1. The lowest BCUT2D eigenvalue weighted by molar-refractivity contribution is -0.123. The minimum Gasteiger partial charge on any atom is -0.388 e. The number of halogens is 1. The van der Waals surface area contributed by atoms with E-state index < -0.39 is 5.60 Å². The van der Waals surface area contributed by atoms with Crippen LogP contribution in [0.1, 0.15) is 43.5 Å². The second kappa shape index (κ2) is 6.14. The standard InChI is InChI=1S/C14H22ClN3O2/c1-10-13(15)11(2)18(17-10)8-12(19)16-9-14(20)6-4-3-5-7-14/h20H,3-9H2,1-2H3,(H,16,19). The zero-order valence-corrected chi connectivity index (χ0v) is 12.8. The maximum absolute atomic E-state index is 11.9. The van der Waals surface area contributed by atoms with Gasteiger partial charge in [0, 0.05) is 6.54 Å². The molecule has 1 aliphatic carbocycles. The van der Waals surface area contributed by atoms with Crippen molar-refractivity contribution in [1.29, 1.82) is 0 Å². The van der Waals surface area contributed by atoms with Gasteiger partial charge in [-0.15, -0.1) is 0 Å². The van der Waals surface area contributed by atoms with Crippen LogP contribution >= 0.6 is 11.6 Å². The highest BCUT2D eigenvalue weighted by atomic mass is 35.5. The van der Waals surface area contributed by atoms with Crippen molar-refractivity contribution in [2.24, 2.45) is 0 Å². The normalized spacial score (nSPS) is 18.0. The first-order valence-electron chi connectivity index (χ1n) is 7.10. The number of aromatic nitrogens is 2. The third kappa shape index (κ3) is 3.52. The van der Waals surface area contributed by atoms with Crippen molar-refractivity contribution in [3.63, 3.8) is 0 Å². The number of carbonyl (C=O) groups excluding carboxylic acids is 1. The number of hydrogen-bond acceptors (Lipinski definition) is 3. The molecule has 5 nitrogen and oxygen atoms in total. The molecule has 0 aliphatic heterocycles. The monoisotopic (exact) mass is 299 g/mol. The predicted octanol–water partition coefficient (Wildman–Crippen LogP) is 1.96. The van der Waals surface area contributed by atoms with Gasteiger partial charge in [0.05, 0.1) is 22.0 Å². The third-order valence-corrected chi connectivity index (χ3v) is 4.53. The van der Waals surface area contributed by atoms with Crippen LogP contribution in [0.3, 0.4) is 0 Å². The van der Waals surface area contributed by atoms with Crippen LogP contribution in [0.2, 0.25) is 5.02 Å². The summed E-state index contributed by atoms with van der Waals surface area (Å²) in [5.74, 6) is -0.147. The Bertz CT molecular complexity index is 493. The van der Waals surface area contributed by atoms with Gasteiger partial charge in [-0.25, -0.2) is 0 Å². The van der Waals surface area contributed by atoms with Crippen molar-refractivity contribution in [2.75, 3.05) is 6.54 Å².